The molecule has 2 heterocycles. The topological polar surface area (TPSA) is 74.3 Å². The molecule has 0 radical (unpaired) electrons. The molecule has 0 saturated carbocycles. The molecule has 6 nitrogen and oxygen atoms in total. The number of halogens is 1. The first-order valence-electron chi connectivity index (χ1n) is 10.2. The minimum atomic E-state index is -0.287. The van der Waals surface area contributed by atoms with E-state index in [1.165, 1.54) is 11.1 Å². The van der Waals surface area contributed by atoms with Crippen LogP contribution in [0.4, 0.5) is 5.82 Å². The van der Waals surface area contributed by atoms with Gasteiger partial charge in [-0.25, -0.2) is 4.98 Å². The summed E-state index contributed by atoms with van der Waals surface area (Å²) in [5.74, 6) is 0.400. The van der Waals surface area contributed by atoms with Crippen molar-refractivity contribution in [3.05, 3.63) is 93.6 Å². The molecule has 0 bridgehead atoms. The predicted octanol–water partition coefficient (Wildman–Crippen LogP) is 3.45. The number of fused-ring (bicyclic) bond motifs is 1. The number of anilines is 1. The van der Waals surface area contributed by atoms with Gasteiger partial charge < -0.3 is 15.5 Å². The van der Waals surface area contributed by atoms with E-state index < -0.39 is 0 Å². The number of nitrogens with one attached hydrogen (secondary N) is 2. The van der Waals surface area contributed by atoms with Gasteiger partial charge >= 0.3 is 0 Å². The molecule has 1 aliphatic heterocycles. The van der Waals surface area contributed by atoms with Crippen molar-refractivity contribution in [3.63, 3.8) is 0 Å². The van der Waals surface area contributed by atoms with Crippen LogP contribution in [0.2, 0.25) is 0 Å². The van der Waals surface area contributed by atoms with Crippen molar-refractivity contribution in [2.75, 3.05) is 18.0 Å². The van der Waals surface area contributed by atoms with E-state index in [4.69, 9.17) is 0 Å². The van der Waals surface area contributed by atoms with Gasteiger partial charge in [0.15, 0.2) is 0 Å². The van der Waals surface area contributed by atoms with Crippen LogP contribution in [0.25, 0.3) is 0 Å². The highest BCUT2D eigenvalue weighted by atomic mass is 79.9. The van der Waals surface area contributed by atoms with Gasteiger partial charge in [0.25, 0.3) is 5.91 Å². The lowest BCUT2D eigenvalue weighted by Gasteiger charge is -2.29. The zero-order chi connectivity index (χ0) is 21.6. The van der Waals surface area contributed by atoms with Gasteiger partial charge in [-0.05, 0) is 47.4 Å². The highest BCUT2D eigenvalue weighted by molar-refractivity contribution is 9.10. The summed E-state index contributed by atoms with van der Waals surface area (Å²) in [6.07, 6.45) is 2.80. The third-order valence-corrected chi connectivity index (χ3v) is 5.74. The van der Waals surface area contributed by atoms with Gasteiger partial charge in [-0.15, -0.1) is 0 Å². The Morgan fingerprint density at radius 2 is 1.84 bits per heavy atom. The van der Waals surface area contributed by atoms with E-state index in [-0.39, 0.29) is 18.4 Å². The molecule has 0 atom stereocenters. The molecule has 4 rings (SSSR count). The van der Waals surface area contributed by atoms with Gasteiger partial charge in [0.05, 0.1) is 6.54 Å². The fraction of sp³-hybridized carbons (Fsp3) is 0.208. The van der Waals surface area contributed by atoms with E-state index in [1.807, 2.05) is 18.2 Å². The lowest BCUT2D eigenvalue weighted by atomic mass is 10.00. The van der Waals surface area contributed by atoms with Crippen molar-refractivity contribution in [3.8, 4) is 0 Å². The van der Waals surface area contributed by atoms with Crippen molar-refractivity contribution < 1.29 is 9.59 Å². The van der Waals surface area contributed by atoms with E-state index in [9.17, 15) is 9.59 Å². The Morgan fingerprint density at radius 3 is 2.61 bits per heavy atom. The van der Waals surface area contributed by atoms with E-state index >= 15 is 0 Å². The molecule has 0 saturated heterocycles. The maximum atomic E-state index is 12.1. The van der Waals surface area contributed by atoms with Crippen molar-refractivity contribution in [2.24, 2.45) is 0 Å². The number of nitrogens with zero attached hydrogens (tertiary/aromatic N) is 2. The summed E-state index contributed by atoms with van der Waals surface area (Å²) >= 11 is 3.33. The normalized spacial score (nSPS) is 12.7. The third-order valence-electron chi connectivity index (χ3n) is 5.25. The molecule has 3 aromatic rings. The van der Waals surface area contributed by atoms with E-state index in [2.05, 4.69) is 60.7 Å². The standard InChI is InChI=1S/C24H23BrN4O2/c25-21-7-3-6-19(12-21)24(31)28-15-23(30)27-14-17-8-9-22(26-13-17)29-11-10-18-4-1-2-5-20(18)16-29/h1-9,12-13H,10-11,14-16H2,(H,27,30)(H,28,31). The third kappa shape index (κ3) is 5.49. The maximum Gasteiger partial charge on any atom is 0.251 e. The van der Waals surface area contributed by atoms with Crippen molar-refractivity contribution >= 4 is 33.6 Å². The van der Waals surface area contributed by atoms with Crippen LogP contribution in [0.5, 0.6) is 0 Å². The molecule has 31 heavy (non-hydrogen) atoms. The number of rotatable bonds is 6. The summed E-state index contributed by atoms with van der Waals surface area (Å²) in [5, 5.41) is 5.44. The first kappa shape index (κ1) is 21.1. The monoisotopic (exact) mass is 478 g/mol. The summed E-state index contributed by atoms with van der Waals surface area (Å²) in [6.45, 7) is 2.08. The minimum Gasteiger partial charge on any atom is -0.352 e. The number of hydrogen-bond acceptors (Lipinski definition) is 4. The largest absolute Gasteiger partial charge is 0.352 e. The van der Waals surface area contributed by atoms with Gasteiger partial charge in [0.2, 0.25) is 5.91 Å². The van der Waals surface area contributed by atoms with Crippen LogP contribution in [0, 0.1) is 0 Å². The molecule has 7 heteroatoms. The van der Waals surface area contributed by atoms with Crippen LogP contribution in [-0.2, 0) is 24.3 Å². The Hall–Kier alpha value is -3.19. The lowest BCUT2D eigenvalue weighted by molar-refractivity contribution is -0.120. The van der Waals surface area contributed by atoms with Gasteiger partial charge in [-0.1, -0.05) is 52.3 Å². The molecular formula is C24H23BrN4O2. The highest BCUT2D eigenvalue weighted by Gasteiger charge is 2.17. The number of aromatic nitrogens is 1. The maximum absolute atomic E-state index is 12.1. The van der Waals surface area contributed by atoms with Crippen LogP contribution < -0.4 is 15.5 Å². The molecule has 2 N–H and O–H groups in total. The van der Waals surface area contributed by atoms with E-state index in [1.54, 1.807) is 24.4 Å². The summed E-state index contributed by atoms with van der Waals surface area (Å²) < 4.78 is 0.814. The lowest BCUT2D eigenvalue weighted by Crippen LogP contribution is -2.36. The van der Waals surface area contributed by atoms with Crippen molar-refractivity contribution in [1.82, 2.24) is 15.6 Å². The van der Waals surface area contributed by atoms with Crippen LogP contribution in [0.3, 0.4) is 0 Å². The Labute approximate surface area is 189 Å². The van der Waals surface area contributed by atoms with E-state index in [0.717, 1.165) is 35.4 Å². The summed E-state index contributed by atoms with van der Waals surface area (Å²) in [6, 6.07) is 19.5. The smallest absolute Gasteiger partial charge is 0.251 e. The van der Waals surface area contributed by atoms with E-state index in [0.29, 0.717) is 12.1 Å². The first-order valence-corrected chi connectivity index (χ1v) is 10.9. The first-order chi connectivity index (χ1) is 15.1. The summed E-state index contributed by atoms with van der Waals surface area (Å²) in [5.41, 5.74) is 4.16. The molecule has 0 fully saturated rings. The van der Waals surface area contributed by atoms with Crippen LogP contribution in [0.15, 0.2) is 71.3 Å². The molecule has 158 valence electrons. The number of carbonyl (C=O) groups is 2. The number of carbonyl (C=O) groups excluding carboxylic acids is 2. The quantitative estimate of drug-likeness (QED) is 0.568. The molecule has 0 aliphatic carbocycles. The van der Waals surface area contributed by atoms with Crippen LogP contribution in [-0.4, -0.2) is 29.9 Å². The molecule has 0 spiro atoms. The number of hydrogen-bond donors (Lipinski definition) is 2. The molecule has 2 aromatic carbocycles. The van der Waals surface area contributed by atoms with Gasteiger partial charge in [-0.2, -0.15) is 0 Å². The Bertz CT molecular complexity index is 1080. The van der Waals surface area contributed by atoms with Crippen molar-refractivity contribution in [2.45, 2.75) is 19.5 Å². The summed E-state index contributed by atoms with van der Waals surface area (Å²) in [7, 11) is 0. The minimum absolute atomic E-state index is 0.0793. The number of benzene rings is 2. The molecular weight excluding hydrogens is 456 g/mol. The zero-order valence-corrected chi connectivity index (χ0v) is 18.6. The van der Waals surface area contributed by atoms with Crippen LogP contribution in [0.1, 0.15) is 27.0 Å². The second kappa shape index (κ2) is 9.75. The molecule has 1 aromatic heterocycles. The Balaban J connectivity index is 1.25. The van der Waals surface area contributed by atoms with Crippen molar-refractivity contribution in [1.29, 1.82) is 0 Å². The van der Waals surface area contributed by atoms with Crippen LogP contribution >= 0.6 is 15.9 Å². The SMILES string of the molecule is O=C(CNC(=O)c1cccc(Br)c1)NCc1ccc(N2CCc3ccccc3C2)nc1. The Morgan fingerprint density at radius 1 is 1.00 bits per heavy atom. The zero-order valence-electron chi connectivity index (χ0n) is 17.0. The molecule has 0 unspecified atom stereocenters. The predicted molar refractivity (Wildman–Crippen MR) is 124 cm³/mol. The fourth-order valence-corrected chi connectivity index (χ4v) is 3.95. The summed E-state index contributed by atoms with van der Waals surface area (Å²) in [4.78, 5) is 31.0. The highest BCUT2D eigenvalue weighted by Crippen LogP contribution is 2.23. The molecule has 1 aliphatic rings. The average molecular weight is 479 g/mol. The van der Waals surface area contributed by atoms with Gasteiger partial charge in [0, 0.05) is 35.9 Å². The second-order valence-corrected chi connectivity index (χ2v) is 8.35. The molecule has 2 amide bonds. The second-order valence-electron chi connectivity index (χ2n) is 7.43. The van der Waals surface area contributed by atoms with Gasteiger partial charge in [0.1, 0.15) is 5.82 Å². The van der Waals surface area contributed by atoms with Gasteiger partial charge in [-0.3, -0.25) is 9.59 Å². The Kier molecular flexibility index (Phi) is 6.62. The fourth-order valence-electron chi connectivity index (χ4n) is 3.56. The number of pyridine rings is 1. The average Bonchev–Trinajstić information content (AvgIpc) is 2.81. The number of amides is 2.